The van der Waals surface area contributed by atoms with Crippen molar-refractivity contribution in [3.8, 4) is 5.75 Å². The molecule has 0 aliphatic heterocycles. The zero-order valence-electron chi connectivity index (χ0n) is 17.2. The summed E-state index contributed by atoms with van der Waals surface area (Å²) in [6, 6.07) is 3.96. The Hall–Kier alpha value is -3.09. The molecule has 0 N–H and O–H groups in total. The van der Waals surface area contributed by atoms with E-state index in [9.17, 15) is 9.59 Å². The van der Waals surface area contributed by atoms with Crippen molar-refractivity contribution < 1.29 is 13.9 Å². The fourth-order valence-corrected chi connectivity index (χ4v) is 3.58. The van der Waals surface area contributed by atoms with E-state index >= 15 is 0 Å². The third kappa shape index (κ3) is 3.90. The number of hydrogen-bond acceptors (Lipinski definition) is 5. The summed E-state index contributed by atoms with van der Waals surface area (Å²) in [4.78, 5) is 26.8. The lowest BCUT2D eigenvalue weighted by atomic mass is 10.0. The lowest BCUT2D eigenvalue weighted by Crippen LogP contribution is -2.36. The van der Waals surface area contributed by atoms with Crippen molar-refractivity contribution >= 4 is 16.9 Å². The largest absolute Gasteiger partial charge is 0.483 e. The summed E-state index contributed by atoms with van der Waals surface area (Å²) in [5.41, 5.74) is 3.40. The number of ether oxygens (including phenoxy) is 1. The Morgan fingerprint density at radius 1 is 1.28 bits per heavy atom. The Balaban J connectivity index is 1.57. The van der Waals surface area contributed by atoms with Crippen LogP contribution in [0.2, 0.25) is 0 Å². The molecule has 1 fully saturated rings. The van der Waals surface area contributed by atoms with Crippen LogP contribution in [0.15, 0.2) is 33.7 Å². The molecule has 0 spiro atoms. The van der Waals surface area contributed by atoms with E-state index in [1.807, 2.05) is 44.1 Å². The lowest BCUT2D eigenvalue weighted by molar-refractivity contribution is -0.134. The Morgan fingerprint density at radius 2 is 2.03 bits per heavy atom. The molecule has 0 saturated heterocycles. The molecule has 152 valence electrons. The molecular formula is C22H25N3O4. The highest BCUT2D eigenvalue weighted by atomic mass is 16.5. The molecule has 2 aromatic heterocycles. The number of fused-ring (bicyclic) bond motifs is 1. The van der Waals surface area contributed by atoms with Crippen LogP contribution in [0.4, 0.5) is 0 Å². The van der Waals surface area contributed by atoms with E-state index in [4.69, 9.17) is 9.15 Å². The molecule has 4 rings (SSSR count). The summed E-state index contributed by atoms with van der Waals surface area (Å²) in [6.45, 7) is 5.98. The van der Waals surface area contributed by atoms with Crippen molar-refractivity contribution in [1.82, 2.24) is 14.7 Å². The molecule has 1 aromatic carbocycles. The Kier molecular flexibility index (Phi) is 4.90. The van der Waals surface area contributed by atoms with Crippen LogP contribution in [-0.2, 0) is 18.4 Å². The number of nitrogens with zero attached hydrogens (tertiary/aromatic N) is 3. The monoisotopic (exact) mass is 395 g/mol. The summed E-state index contributed by atoms with van der Waals surface area (Å²) < 4.78 is 13.1. The van der Waals surface area contributed by atoms with Gasteiger partial charge in [0.15, 0.2) is 6.61 Å². The van der Waals surface area contributed by atoms with E-state index in [1.165, 1.54) is 0 Å². The van der Waals surface area contributed by atoms with Gasteiger partial charge in [0.25, 0.3) is 5.91 Å². The number of amides is 1. The van der Waals surface area contributed by atoms with Gasteiger partial charge in [0.05, 0.1) is 11.6 Å². The van der Waals surface area contributed by atoms with Crippen molar-refractivity contribution in [2.75, 3.05) is 6.61 Å². The molecule has 0 radical (unpaired) electrons. The first-order valence-electron chi connectivity index (χ1n) is 9.78. The molecule has 1 aliphatic carbocycles. The van der Waals surface area contributed by atoms with Crippen LogP contribution in [-0.4, -0.2) is 33.2 Å². The number of benzene rings is 1. The standard InChI is InChI=1S/C22H25N3O4/c1-13-7-18(21-14(2)15(3)22(27)29-19(21)8-13)28-12-20(26)25(17-5-6-17)11-16-9-23-24(4)10-16/h7-10,17H,5-6,11-12H2,1-4H3. The van der Waals surface area contributed by atoms with Gasteiger partial charge in [-0.25, -0.2) is 4.79 Å². The molecule has 7 heteroatoms. The summed E-state index contributed by atoms with van der Waals surface area (Å²) in [7, 11) is 1.86. The molecule has 1 aliphatic rings. The van der Waals surface area contributed by atoms with E-state index in [1.54, 1.807) is 17.8 Å². The molecular weight excluding hydrogens is 370 g/mol. The molecule has 1 amide bonds. The van der Waals surface area contributed by atoms with Gasteiger partial charge >= 0.3 is 5.63 Å². The maximum Gasteiger partial charge on any atom is 0.339 e. The molecule has 0 atom stereocenters. The summed E-state index contributed by atoms with van der Waals surface area (Å²) in [5, 5.41) is 4.92. The fraction of sp³-hybridized carbons (Fsp3) is 0.409. The number of aryl methyl sites for hydroxylation is 3. The number of rotatable bonds is 6. The first-order valence-corrected chi connectivity index (χ1v) is 9.78. The van der Waals surface area contributed by atoms with Gasteiger partial charge < -0.3 is 14.1 Å². The third-order valence-electron chi connectivity index (χ3n) is 5.43. The summed E-state index contributed by atoms with van der Waals surface area (Å²) in [5.74, 6) is 0.507. The highest BCUT2D eigenvalue weighted by molar-refractivity contribution is 5.88. The average Bonchev–Trinajstić information content (AvgIpc) is 3.43. The van der Waals surface area contributed by atoms with Crippen LogP contribution < -0.4 is 10.4 Å². The van der Waals surface area contributed by atoms with Gasteiger partial charge in [-0.2, -0.15) is 5.10 Å². The van der Waals surface area contributed by atoms with E-state index in [0.717, 1.165) is 34.9 Å². The maximum absolute atomic E-state index is 12.9. The van der Waals surface area contributed by atoms with Crippen LogP contribution >= 0.6 is 0 Å². The minimum Gasteiger partial charge on any atom is -0.483 e. The molecule has 29 heavy (non-hydrogen) atoms. The SMILES string of the molecule is Cc1cc(OCC(=O)N(Cc2cnn(C)c2)C2CC2)c2c(C)c(C)c(=O)oc2c1. The maximum atomic E-state index is 12.9. The zero-order chi connectivity index (χ0) is 20.7. The van der Waals surface area contributed by atoms with Crippen molar-refractivity contribution in [3.05, 3.63) is 57.2 Å². The zero-order valence-corrected chi connectivity index (χ0v) is 17.2. The van der Waals surface area contributed by atoms with Crippen molar-refractivity contribution in [1.29, 1.82) is 0 Å². The van der Waals surface area contributed by atoms with Crippen LogP contribution in [0.5, 0.6) is 5.75 Å². The quantitative estimate of drug-likeness (QED) is 0.600. The predicted molar refractivity (Wildman–Crippen MR) is 109 cm³/mol. The minimum absolute atomic E-state index is 0.0576. The number of aromatic nitrogens is 2. The van der Waals surface area contributed by atoms with Gasteiger partial charge in [-0.05, 0) is 56.9 Å². The summed E-state index contributed by atoms with van der Waals surface area (Å²) >= 11 is 0. The van der Waals surface area contributed by atoms with Crippen LogP contribution in [0.1, 0.15) is 35.1 Å². The number of carbonyl (C=O) groups is 1. The van der Waals surface area contributed by atoms with Gasteiger partial charge in [-0.15, -0.1) is 0 Å². The van der Waals surface area contributed by atoms with Gasteiger partial charge in [-0.1, -0.05) is 0 Å². The van der Waals surface area contributed by atoms with Gasteiger partial charge in [0, 0.05) is 37.0 Å². The van der Waals surface area contributed by atoms with Crippen molar-refractivity contribution in [2.45, 2.75) is 46.2 Å². The van der Waals surface area contributed by atoms with Gasteiger partial charge in [-0.3, -0.25) is 9.48 Å². The molecule has 0 bridgehead atoms. The normalized spacial score (nSPS) is 13.7. The molecule has 2 heterocycles. The van der Waals surface area contributed by atoms with Crippen LogP contribution in [0.25, 0.3) is 11.0 Å². The average molecular weight is 395 g/mol. The summed E-state index contributed by atoms with van der Waals surface area (Å²) in [6.07, 6.45) is 5.74. The van der Waals surface area contributed by atoms with E-state index in [0.29, 0.717) is 23.4 Å². The van der Waals surface area contributed by atoms with Gasteiger partial charge in [0.1, 0.15) is 11.3 Å². The van der Waals surface area contributed by atoms with Crippen LogP contribution in [0.3, 0.4) is 0 Å². The molecule has 0 unspecified atom stereocenters. The Labute approximate surface area is 168 Å². The second-order valence-corrected chi connectivity index (χ2v) is 7.84. The van der Waals surface area contributed by atoms with Gasteiger partial charge in [0.2, 0.25) is 0 Å². The Bertz CT molecular complexity index is 1140. The number of hydrogen-bond donors (Lipinski definition) is 0. The van der Waals surface area contributed by atoms with E-state index in [2.05, 4.69) is 5.10 Å². The van der Waals surface area contributed by atoms with E-state index in [-0.39, 0.29) is 24.2 Å². The number of carbonyl (C=O) groups excluding carboxylic acids is 1. The fourth-order valence-electron chi connectivity index (χ4n) is 3.58. The van der Waals surface area contributed by atoms with Crippen LogP contribution in [0, 0.1) is 20.8 Å². The van der Waals surface area contributed by atoms with Crippen molar-refractivity contribution in [3.63, 3.8) is 0 Å². The lowest BCUT2D eigenvalue weighted by Gasteiger charge is -2.22. The minimum atomic E-state index is -0.348. The topological polar surface area (TPSA) is 77.6 Å². The Morgan fingerprint density at radius 3 is 2.69 bits per heavy atom. The highest BCUT2D eigenvalue weighted by Gasteiger charge is 2.33. The molecule has 3 aromatic rings. The first kappa shape index (κ1) is 19.2. The van der Waals surface area contributed by atoms with Crippen molar-refractivity contribution in [2.24, 2.45) is 7.05 Å². The predicted octanol–water partition coefficient (Wildman–Crippen LogP) is 3.02. The highest BCUT2D eigenvalue weighted by Crippen LogP contribution is 2.32. The second kappa shape index (κ2) is 7.39. The second-order valence-electron chi connectivity index (χ2n) is 7.84. The first-order chi connectivity index (χ1) is 13.8. The smallest absolute Gasteiger partial charge is 0.339 e. The molecule has 1 saturated carbocycles. The van der Waals surface area contributed by atoms with E-state index < -0.39 is 0 Å². The molecule has 7 nitrogen and oxygen atoms in total. The third-order valence-corrected chi connectivity index (χ3v) is 5.43.